The molecule has 3 heterocycles. The number of anilines is 1. The van der Waals surface area contributed by atoms with Crippen molar-refractivity contribution in [1.82, 2.24) is 14.6 Å². The van der Waals surface area contributed by atoms with Crippen molar-refractivity contribution in [2.75, 3.05) is 19.0 Å². The number of hydrogen-bond donors (Lipinski definition) is 4. The summed E-state index contributed by atoms with van der Waals surface area (Å²) in [6, 6.07) is 2.45. The van der Waals surface area contributed by atoms with E-state index in [1.165, 1.54) is 0 Å². The number of nitrogens with zero attached hydrogens (tertiary/aromatic N) is 4. The molecule has 5 N–H and O–H groups in total. The Bertz CT molecular complexity index is 834. The topological polar surface area (TPSA) is 150 Å². The molecule has 1 aliphatic heterocycles. The molecule has 0 amide bonds. The highest BCUT2D eigenvalue weighted by Gasteiger charge is 2.65. The van der Waals surface area contributed by atoms with E-state index in [4.69, 9.17) is 10.5 Å². The van der Waals surface area contributed by atoms with Gasteiger partial charge < -0.3 is 25.8 Å². The van der Waals surface area contributed by atoms with Gasteiger partial charge >= 0.3 is 0 Å². The highest BCUT2D eigenvalue weighted by Crippen LogP contribution is 2.45. The number of nitrogen functional groups attached to an aromatic ring is 1. The molecule has 0 spiro atoms. The van der Waals surface area contributed by atoms with Crippen molar-refractivity contribution >= 4 is 11.3 Å². The molecular weight excluding hydrogens is 328 g/mol. The first-order chi connectivity index (χ1) is 11.4. The molecule has 9 nitrogen and oxygen atoms in total. The number of alkyl halides is 1. The minimum atomic E-state index is -2.37. The Labute approximate surface area is 133 Å². The molecule has 2 aromatic heterocycles. The molecule has 3 rings (SSSR count). The molecule has 0 radical (unpaired) electrons. The molecule has 24 heavy (non-hydrogen) atoms. The van der Waals surface area contributed by atoms with Crippen LogP contribution < -0.4 is 5.73 Å². The van der Waals surface area contributed by atoms with Crippen molar-refractivity contribution in [2.45, 2.75) is 23.4 Å². The fourth-order valence-corrected chi connectivity index (χ4v) is 2.86. The van der Waals surface area contributed by atoms with E-state index in [0.29, 0.717) is 0 Å². The standard InChI is InChI=1S/C13H13F2N5O4/c14-2-12(4-21)9(22)10(23)13(3-16,24-12)7-1-6(15)8-11(17)18-5-19-20(7)8/h1,5,9-10,21-23H,2,4H2,(H2,17,18,19)/t9-,10+,12+,13-/m0/s1. The van der Waals surface area contributed by atoms with Gasteiger partial charge in [0.15, 0.2) is 17.2 Å². The molecule has 4 atom stereocenters. The first kappa shape index (κ1) is 16.5. The van der Waals surface area contributed by atoms with Gasteiger partial charge in [-0.1, -0.05) is 0 Å². The summed E-state index contributed by atoms with van der Waals surface area (Å²) < 4.78 is 33.7. The van der Waals surface area contributed by atoms with Crippen LogP contribution in [-0.2, 0) is 10.3 Å². The lowest BCUT2D eigenvalue weighted by atomic mass is 9.89. The number of ether oxygens (including phenoxy) is 1. The number of aliphatic hydroxyl groups excluding tert-OH is 3. The maximum atomic E-state index is 14.2. The Kier molecular flexibility index (Phi) is 3.65. The van der Waals surface area contributed by atoms with Gasteiger partial charge in [-0.15, -0.1) is 0 Å². The minimum Gasteiger partial charge on any atom is -0.393 e. The molecule has 0 bridgehead atoms. The first-order valence-corrected chi connectivity index (χ1v) is 6.79. The average molecular weight is 341 g/mol. The van der Waals surface area contributed by atoms with Gasteiger partial charge in [-0.25, -0.2) is 18.3 Å². The van der Waals surface area contributed by atoms with Gasteiger partial charge in [0.1, 0.15) is 36.8 Å². The Hall–Kier alpha value is -2.39. The summed E-state index contributed by atoms with van der Waals surface area (Å²) in [6.07, 6.45) is -2.92. The van der Waals surface area contributed by atoms with Crippen LogP contribution in [0.1, 0.15) is 5.69 Å². The second kappa shape index (κ2) is 5.32. The third kappa shape index (κ3) is 1.85. The van der Waals surface area contributed by atoms with E-state index >= 15 is 0 Å². The zero-order chi connectivity index (χ0) is 17.7. The van der Waals surface area contributed by atoms with E-state index in [1.807, 2.05) is 0 Å². The maximum Gasteiger partial charge on any atom is 0.226 e. The number of hydrogen-bond acceptors (Lipinski definition) is 8. The van der Waals surface area contributed by atoms with Crippen LogP contribution in [0.15, 0.2) is 12.4 Å². The molecule has 11 heteroatoms. The van der Waals surface area contributed by atoms with Crippen LogP contribution in [-0.4, -0.2) is 61.0 Å². The molecule has 0 unspecified atom stereocenters. The number of halogens is 2. The summed E-state index contributed by atoms with van der Waals surface area (Å²) in [7, 11) is 0. The second-order valence-electron chi connectivity index (χ2n) is 5.48. The summed E-state index contributed by atoms with van der Waals surface area (Å²) in [5.74, 6) is -1.13. The van der Waals surface area contributed by atoms with E-state index in [9.17, 15) is 29.4 Å². The smallest absolute Gasteiger partial charge is 0.226 e. The van der Waals surface area contributed by atoms with Crippen LogP contribution in [0.25, 0.3) is 5.52 Å². The molecule has 2 aromatic rings. The lowest BCUT2D eigenvalue weighted by Crippen LogP contribution is -2.48. The van der Waals surface area contributed by atoms with Gasteiger partial charge in [0.2, 0.25) is 5.60 Å². The molecular formula is C13H13F2N5O4. The predicted octanol–water partition coefficient (Wildman–Crippen LogP) is -1.38. The van der Waals surface area contributed by atoms with Crippen molar-refractivity contribution < 1.29 is 28.8 Å². The number of aromatic nitrogens is 3. The molecule has 128 valence electrons. The summed E-state index contributed by atoms with van der Waals surface area (Å²) in [5.41, 5.74) is 0.386. The normalized spacial score (nSPS) is 33.0. The lowest BCUT2D eigenvalue weighted by Gasteiger charge is -2.28. The molecule has 0 aromatic carbocycles. The van der Waals surface area contributed by atoms with Crippen LogP contribution in [0.5, 0.6) is 0 Å². The van der Waals surface area contributed by atoms with Crippen molar-refractivity contribution in [2.24, 2.45) is 0 Å². The van der Waals surface area contributed by atoms with E-state index in [0.717, 1.165) is 16.9 Å². The number of rotatable bonds is 3. The summed E-state index contributed by atoms with van der Waals surface area (Å²) >= 11 is 0. The van der Waals surface area contributed by atoms with Crippen LogP contribution in [0, 0.1) is 17.1 Å². The minimum absolute atomic E-state index is 0.228. The van der Waals surface area contributed by atoms with Gasteiger partial charge in [-0.05, 0) is 0 Å². The van der Waals surface area contributed by atoms with Crippen LogP contribution in [0.3, 0.4) is 0 Å². The highest BCUT2D eigenvalue weighted by atomic mass is 19.1. The van der Waals surface area contributed by atoms with Crippen LogP contribution in [0.2, 0.25) is 0 Å². The second-order valence-corrected chi connectivity index (χ2v) is 5.48. The Balaban J connectivity index is 2.28. The van der Waals surface area contributed by atoms with Crippen molar-refractivity contribution in [1.29, 1.82) is 5.26 Å². The molecule has 1 aliphatic rings. The zero-order valence-corrected chi connectivity index (χ0v) is 12.1. The maximum absolute atomic E-state index is 14.2. The Morgan fingerprint density at radius 2 is 2.17 bits per heavy atom. The summed E-state index contributed by atoms with van der Waals surface area (Å²) in [5, 5.41) is 43.1. The van der Waals surface area contributed by atoms with Gasteiger partial charge in [0, 0.05) is 6.07 Å². The monoisotopic (exact) mass is 341 g/mol. The molecule has 1 saturated heterocycles. The third-order valence-corrected chi connectivity index (χ3v) is 4.20. The molecule has 0 saturated carbocycles. The number of nitrogens with two attached hydrogens (primary N) is 1. The van der Waals surface area contributed by atoms with Gasteiger partial charge in [-0.2, -0.15) is 10.4 Å². The average Bonchev–Trinajstić information content (AvgIpc) is 3.04. The molecule has 0 aliphatic carbocycles. The fraction of sp³-hybridized carbons (Fsp3) is 0.462. The predicted molar refractivity (Wildman–Crippen MR) is 73.5 cm³/mol. The Morgan fingerprint density at radius 1 is 1.46 bits per heavy atom. The van der Waals surface area contributed by atoms with E-state index < -0.39 is 42.5 Å². The number of nitriles is 1. The summed E-state index contributed by atoms with van der Waals surface area (Å²) in [4.78, 5) is 3.62. The van der Waals surface area contributed by atoms with Gasteiger partial charge in [0.05, 0.1) is 12.3 Å². The van der Waals surface area contributed by atoms with Crippen molar-refractivity contribution in [3.05, 3.63) is 23.9 Å². The first-order valence-electron chi connectivity index (χ1n) is 6.79. The Morgan fingerprint density at radius 3 is 2.71 bits per heavy atom. The van der Waals surface area contributed by atoms with Crippen molar-refractivity contribution in [3.63, 3.8) is 0 Å². The van der Waals surface area contributed by atoms with Crippen molar-refractivity contribution in [3.8, 4) is 6.07 Å². The van der Waals surface area contributed by atoms with Crippen LogP contribution in [0.4, 0.5) is 14.6 Å². The largest absolute Gasteiger partial charge is 0.393 e. The molecule has 1 fully saturated rings. The third-order valence-electron chi connectivity index (χ3n) is 4.20. The zero-order valence-electron chi connectivity index (χ0n) is 12.1. The quantitative estimate of drug-likeness (QED) is 0.533. The highest BCUT2D eigenvalue weighted by molar-refractivity contribution is 5.67. The van der Waals surface area contributed by atoms with Gasteiger partial charge in [-0.3, -0.25) is 0 Å². The lowest BCUT2D eigenvalue weighted by molar-refractivity contribution is -0.144. The van der Waals surface area contributed by atoms with E-state index in [-0.39, 0.29) is 17.0 Å². The SMILES string of the molecule is N#C[C@@]1(c2cc(F)c3c(N)ncnn23)O[C@@](CO)(CF)[C@@H](O)[C@H]1O. The summed E-state index contributed by atoms with van der Waals surface area (Å²) in [6.45, 7) is -2.39. The van der Waals surface area contributed by atoms with Crippen LogP contribution >= 0.6 is 0 Å². The number of fused-ring (bicyclic) bond motifs is 1. The number of aliphatic hydroxyl groups is 3. The van der Waals surface area contributed by atoms with E-state index in [2.05, 4.69) is 10.1 Å². The fourth-order valence-electron chi connectivity index (χ4n) is 2.86. The van der Waals surface area contributed by atoms with Gasteiger partial charge in [0.25, 0.3) is 0 Å². The van der Waals surface area contributed by atoms with E-state index in [1.54, 1.807) is 6.07 Å².